The molecule has 0 aromatic heterocycles. The van der Waals surface area contributed by atoms with Gasteiger partial charge in [0, 0.05) is 11.3 Å². The fourth-order valence-corrected chi connectivity index (χ4v) is 3.50. The zero-order chi connectivity index (χ0) is 16.9. The number of ether oxygens (including phenoxy) is 2. The first kappa shape index (κ1) is 15.6. The summed E-state index contributed by atoms with van der Waals surface area (Å²) in [7, 11) is 0. The molecule has 0 spiro atoms. The average Bonchev–Trinajstić information content (AvgIpc) is 3.03. The smallest absolute Gasteiger partial charge is 0.148 e. The van der Waals surface area contributed by atoms with Crippen LogP contribution in [0, 0.1) is 5.82 Å². The molecule has 2 aromatic rings. The first-order valence-corrected chi connectivity index (χ1v) is 8.33. The lowest BCUT2D eigenvalue weighted by Gasteiger charge is -2.36. The van der Waals surface area contributed by atoms with E-state index < -0.39 is 0 Å². The Morgan fingerprint density at radius 3 is 2.50 bits per heavy atom. The molecule has 3 atom stereocenters. The Morgan fingerprint density at radius 2 is 1.79 bits per heavy atom. The zero-order valence-corrected chi connectivity index (χ0v) is 14.2. The van der Waals surface area contributed by atoms with E-state index in [1.165, 1.54) is 17.7 Å². The first-order valence-electron chi connectivity index (χ1n) is 8.33. The summed E-state index contributed by atoms with van der Waals surface area (Å²) in [5, 5.41) is 3.56. The van der Waals surface area contributed by atoms with Gasteiger partial charge in [-0.25, -0.2) is 4.39 Å². The molecule has 0 saturated carbocycles. The molecule has 1 N–H and O–H groups in total. The molecule has 2 heterocycles. The van der Waals surface area contributed by atoms with Crippen molar-refractivity contribution in [1.29, 1.82) is 0 Å². The number of rotatable bonds is 1. The monoisotopic (exact) mass is 327 g/mol. The van der Waals surface area contributed by atoms with E-state index in [4.69, 9.17) is 9.47 Å². The van der Waals surface area contributed by atoms with Crippen molar-refractivity contribution in [1.82, 2.24) is 0 Å². The normalized spacial score (nSPS) is 25.8. The lowest BCUT2D eigenvalue weighted by atomic mass is 9.82. The van der Waals surface area contributed by atoms with Crippen LogP contribution in [-0.2, 0) is 14.9 Å². The minimum absolute atomic E-state index is 0.0499. The van der Waals surface area contributed by atoms with Gasteiger partial charge in [-0.15, -0.1) is 0 Å². The maximum absolute atomic E-state index is 13.2. The topological polar surface area (TPSA) is 30.5 Å². The van der Waals surface area contributed by atoms with Crippen LogP contribution < -0.4 is 5.32 Å². The summed E-state index contributed by atoms with van der Waals surface area (Å²) in [6, 6.07) is 13.0. The van der Waals surface area contributed by atoms with Crippen LogP contribution in [0.5, 0.6) is 0 Å². The van der Waals surface area contributed by atoms with Crippen LogP contribution >= 0.6 is 0 Å². The van der Waals surface area contributed by atoms with Crippen molar-refractivity contribution in [3.63, 3.8) is 0 Å². The summed E-state index contributed by atoms with van der Waals surface area (Å²) in [6.45, 7) is 6.90. The predicted molar refractivity (Wildman–Crippen MR) is 91.5 cm³/mol. The molecule has 0 aliphatic carbocycles. The Balaban J connectivity index is 1.75. The fraction of sp³-hybridized carbons (Fsp3) is 0.400. The van der Waals surface area contributed by atoms with Crippen molar-refractivity contribution >= 4 is 5.69 Å². The highest BCUT2D eigenvalue weighted by atomic mass is 19.1. The molecule has 4 heteroatoms. The van der Waals surface area contributed by atoms with Gasteiger partial charge in [0.2, 0.25) is 0 Å². The highest BCUT2D eigenvalue weighted by molar-refractivity contribution is 5.59. The Kier molecular flexibility index (Phi) is 3.62. The maximum atomic E-state index is 13.2. The molecule has 3 nitrogen and oxygen atoms in total. The fourth-order valence-electron chi connectivity index (χ4n) is 3.50. The van der Waals surface area contributed by atoms with Crippen molar-refractivity contribution < 1.29 is 13.9 Å². The molecule has 3 unspecified atom stereocenters. The number of benzene rings is 2. The van der Waals surface area contributed by atoms with E-state index in [2.05, 4.69) is 44.3 Å². The molecule has 2 aromatic carbocycles. The Hall–Kier alpha value is -1.91. The van der Waals surface area contributed by atoms with Crippen LogP contribution in [-0.4, -0.2) is 12.9 Å². The third-order valence-electron chi connectivity index (χ3n) is 4.90. The third-order valence-corrected chi connectivity index (χ3v) is 4.90. The lowest BCUT2D eigenvalue weighted by Crippen LogP contribution is -2.34. The van der Waals surface area contributed by atoms with Gasteiger partial charge in [-0.3, -0.25) is 0 Å². The summed E-state index contributed by atoms with van der Waals surface area (Å²) in [6.07, 6.45) is -0.211. The summed E-state index contributed by atoms with van der Waals surface area (Å²) in [4.78, 5) is 0. The number of nitrogens with one attached hydrogen (secondary N) is 1. The number of halogens is 1. The summed E-state index contributed by atoms with van der Waals surface area (Å²) in [5.41, 5.74) is 4.56. The standard InChI is InChI=1S/C20H22FNO2/c1-20(2,3)13-6-9-16-15(10-13)18-19(24-11-23-18)17(22-16)12-4-7-14(21)8-5-12/h4-10,17-19,22H,11H2,1-3H3. The average molecular weight is 327 g/mol. The summed E-state index contributed by atoms with van der Waals surface area (Å²) in [5.74, 6) is -0.232. The van der Waals surface area contributed by atoms with E-state index in [0.29, 0.717) is 0 Å². The van der Waals surface area contributed by atoms with Gasteiger partial charge in [0.15, 0.2) is 0 Å². The molecule has 126 valence electrons. The quantitative estimate of drug-likeness (QED) is 0.823. The summed E-state index contributed by atoms with van der Waals surface area (Å²) < 4.78 is 25.0. The van der Waals surface area contributed by atoms with Crippen molar-refractivity contribution in [2.24, 2.45) is 0 Å². The second-order valence-electron chi connectivity index (χ2n) is 7.56. The van der Waals surface area contributed by atoms with Gasteiger partial charge in [-0.1, -0.05) is 45.0 Å². The molecule has 0 radical (unpaired) electrons. The van der Waals surface area contributed by atoms with Crippen molar-refractivity contribution in [3.05, 3.63) is 65.0 Å². The Morgan fingerprint density at radius 1 is 1.04 bits per heavy atom. The minimum atomic E-state index is -0.232. The molecule has 4 rings (SSSR count). The first-order chi connectivity index (χ1) is 11.4. The van der Waals surface area contributed by atoms with E-state index in [0.717, 1.165) is 16.8 Å². The zero-order valence-electron chi connectivity index (χ0n) is 14.2. The molecule has 2 aliphatic rings. The molecule has 0 bridgehead atoms. The molecular formula is C20H22FNO2. The summed E-state index contributed by atoms with van der Waals surface area (Å²) >= 11 is 0. The van der Waals surface area contributed by atoms with Gasteiger partial charge in [-0.2, -0.15) is 0 Å². The van der Waals surface area contributed by atoms with E-state index in [1.807, 2.05) is 0 Å². The second kappa shape index (κ2) is 5.57. The highest BCUT2D eigenvalue weighted by Crippen LogP contribution is 2.46. The SMILES string of the molecule is CC(C)(C)c1ccc2c(c1)C1OCOC1C(c1ccc(F)cc1)N2. The molecule has 2 aliphatic heterocycles. The number of anilines is 1. The van der Waals surface area contributed by atoms with Gasteiger partial charge >= 0.3 is 0 Å². The Labute approximate surface area is 141 Å². The van der Waals surface area contributed by atoms with E-state index in [1.54, 1.807) is 12.1 Å². The molecule has 0 amide bonds. The van der Waals surface area contributed by atoms with Gasteiger partial charge in [0.1, 0.15) is 24.8 Å². The van der Waals surface area contributed by atoms with Gasteiger partial charge in [-0.05, 0) is 34.7 Å². The van der Waals surface area contributed by atoms with E-state index in [-0.39, 0.29) is 36.3 Å². The number of hydrogen-bond donors (Lipinski definition) is 1. The minimum Gasteiger partial charge on any atom is -0.375 e. The van der Waals surface area contributed by atoms with E-state index in [9.17, 15) is 4.39 Å². The van der Waals surface area contributed by atoms with Crippen LogP contribution in [0.3, 0.4) is 0 Å². The molecule has 24 heavy (non-hydrogen) atoms. The van der Waals surface area contributed by atoms with Crippen LogP contribution in [0.25, 0.3) is 0 Å². The lowest BCUT2D eigenvalue weighted by molar-refractivity contribution is 0.0367. The largest absolute Gasteiger partial charge is 0.375 e. The van der Waals surface area contributed by atoms with Crippen molar-refractivity contribution in [2.45, 2.75) is 44.4 Å². The highest BCUT2D eigenvalue weighted by Gasteiger charge is 2.43. The van der Waals surface area contributed by atoms with Crippen LogP contribution in [0.2, 0.25) is 0 Å². The van der Waals surface area contributed by atoms with Gasteiger partial charge in [0.25, 0.3) is 0 Å². The second-order valence-corrected chi connectivity index (χ2v) is 7.56. The van der Waals surface area contributed by atoms with Crippen LogP contribution in [0.15, 0.2) is 42.5 Å². The predicted octanol–water partition coefficient (Wildman–Crippen LogP) is 4.70. The van der Waals surface area contributed by atoms with Gasteiger partial charge < -0.3 is 14.8 Å². The number of hydrogen-bond acceptors (Lipinski definition) is 3. The molecule has 1 fully saturated rings. The maximum Gasteiger partial charge on any atom is 0.148 e. The molecular weight excluding hydrogens is 305 g/mol. The van der Waals surface area contributed by atoms with E-state index >= 15 is 0 Å². The third kappa shape index (κ3) is 2.60. The van der Waals surface area contributed by atoms with Crippen LogP contribution in [0.4, 0.5) is 10.1 Å². The van der Waals surface area contributed by atoms with Gasteiger partial charge in [0.05, 0.1) is 6.04 Å². The molecule has 1 saturated heterocycles. The van der Waals surface area contributed by atoms with Crippen LogP contribution in [0.1, 0.15) is 49.6 Å². The van der Waals surface area contributed by atoms with Crippen molar-refractivity contribution in [2.75, 3.05) is 12.1 Å². The Bertz CT molecular complexity index is 751. The van der Waals surface area contributed by atoms with Crippen molar-refractivity contribution in [3.8, 4) is 0 Å². The number of fused-ring (bicyclic) bond motifs is 3.